The van der Waals surface area contributed by atoms with Crippen molar-refractivity contribution in [3.63, 3.8) is 0 Å². The van der Waals surface area contributed by atoms with Crippen LogP contribution in [0.2, 0.25) is 0 Å². The van der Waals surface area contributed by atoms with Gasteiger partial charge in [0.25, 0.3) is 0 Å². The zero-order valence-electron chi connectivity index (χ0n) is 11.3. The molecule has 1 aromatic rings. The van der Waals surface area contributed by atoms with Gasteiger partial charge in [-0.05, 0) is 24.6 Å². The van der Waals surface area contributed by atoms with Crippen LogP contribution in [-0.4, -0.2) is 32.3 Å². The van der Waals surface area contributed by atoms with Crippen LogP contribution in [0.4, 0.5) is 8.78 Å². The number of alkyl halides is 2. The van der Waals surface area contributed by atoms with Gasteiger partial charge in [-0.25, -0.2) is 0 Å². The van der Waals surface area contributed by atoms with Crippen molar-refractivity contribution >= 4 is 5.91 Å². The molecule has 0 aliphatic carbocycles. The van der Waals surface area contributed by atoms with Crippen LogP contribution >= 0.6 is 0 Å². The molecule has 1 aromatic carbocycles. The molecule has 5 nitrogen and oxygen atoms in total. The molecule has 112 valence electrons. The maximum Gasteiger partial charge on any atom is 0.387 e. The van der Waals surface area contributed by atoms with Crippen molar-refractivity contribution in [2.24, 2.45) is 5.73 Å². The average molecular weight is 288 g/mol. The van der Waals surface area contributed by atoms with Gasteiger partial charge in [0.1, 0.15) is 11.8 Å². The van der Waals surface area contributed by atoms with E-state index in [2.05, 4.69) is 10.1 Å². The smallest absolute Gasteiger partial charge is 0.387 e. The molecule has 2 atom stereocenters. The lowest BCUT2D eigenvalue weighted by molar-refractivity contribution is -0.124. The van der Waals surface area contributed by atoms with E-state index in [1.54, 1.807) is 19.1 Å². The molecule has 0 aromatic heterocycles. The van der Waals surface area contributed by atoms with Gasteiger partial charge in [-0.1, -0.05) is 12.1 Å². The van der Waals surface area contributed by atoms with Crippen molar-refractivity contribution in [1.82, 2.24) is 5.32 Å². The lowest BCUT2D eigenvalue weighted by Crippen LogP contribution is -2.44. The molecule has 1 amide bonds. The summed E-state index contributed by atoms with van der Waals surface area (Å²) < 4.78 is 33.4. The van der Waals surface area contributed by atoms with Crippen LogP contribution < -0.4 is 15.8 Å². The van der Waals surface area contributed by atoms with E-state index in [0.717, 1.165) is 0 Å². The Morgan fingerprint density at radius 2 is 2.15 bits per heavy atom. The van der Waals surface area contributed by atoms with Crippen molar-refractivity contribution in [3.05, 3.63) is 29.8 Å². The Kier molecular flexibility index (Phi) is 6.33. The molecular formula is C13H18F2N2O3. The van der Waals surface area contributed by atoms with E-state index >= 15 is 0 Å². The van der Waals surface area contributed by atoms with Crippen LogP contribution in [-0.2, 0) is 9.53 Å². The summed E-state index contributed by atoms with van der Waals surface area (Å²) in [6.45, 7) is -1.06. The predicted molar refractivity (Wildman–Crippen MR) is 69.5 cm³/mol. The van der Waals surface area contributed by atoms with Crippen LogP contribution in [0.3, 0.4) is 0 Å². The molecule has 20 heavy (non-hydrogen) atoms. The molecule has 0 heterocycles. The van der Waals surface area contributed by atoms with Gasteiger partial charge in [-0.15, -0.1) is 0 Å². The zero-order valence-corrected chi connectivity index (χ0v) is 11.3. The van der Waals surface area contributed by atoms with Crippen molar-refractivity contribution in [1.29, 1.82) is 0 Å². The molecule has 0 radical (unpaired) electrons. The monoisotopic (exact) mass is 288 g/mol. The number of methoxy groups -OCH3 is 1. The van der Waals surface area contributed by atoms with Gasteiger partial charge in [-0.3, -0.25) is 4.79 Å². The third kappa shape index (κ3) is 5.10. The van der Waals surface area contributed by atoms with Gasteiger partial charge in [0.05, 0.1) is 12.6 Å². The van der Waals surface area contributed by atoms with Gasteiger partial charge in [0.15, 0.2) is 0 Å². The summed E-state index contributed by atoms with van der Waals surface area (Å²) >= 11 is 0. The highest BCUT2D eigenvalue weighted by Crippen LogP contribution is 2.20. The number of hydrogen-bond donors (Lipinski definition) is 2. The summed E-state index contributed by atoms with van der Waals surface area (Å²) in [5.74, 6) is -0.334. The molecule has 0 fully saturated rings. The number of halogens is 2. The first kappa shape index (κ1) is 16.3. The SMILES string of the molecule is COCC(N)C(=O)NC(C)c1cccc(OC(F)F)c1. The summed E-state index contributed by atoms with van der Waals surface area (Å²) in [6.07, 6.45) is 0. The van der Waals surface area contributed by atoms with Gasteiger partial charge >= 0.3 is 6.61 Å². The number of nitrogens with two attached hydrogens (primary N) is 1. The molecule has 0 saturated carbocycles. The number of carbonyl (C=O) groups excluding carboxylic acids is 1. The maximum absolute atomic E-state index is 12.1. The molecule has 0 saturated heterocycles. The largest absolute Gasteiger partial charge is 0.435 e. The second-order valence-corrected chi connectivity index (χ2v) is 4.24. The van der Waals surface area contributed by atoms with E-state index in [4.69, 9.17) is 10.5 Å². The molecule has 7 heteroatoms. The summed E-state index contributed by atoms with van der Waals surface area (Å²) in [5, 5.41) is 2.67. The lowest BCUT2D eigenvalue weighted by atomic mass is 10.1. The van der Waals surface area contributed by atoms with Crippen LogP contribution in [0, 0.1) is 0 Å². The highest BCUT2D eigenvalue weighted by Gasteiger charge is 2.17. The van der Waals surface area contributed by atoms with E-state index in [1.165, 1.54) is 19.2 Å². The second-order valence-electron chi connectivity index (χ2n) is 4.24. The lowest BCUT2D eigenvalue weighted by Gasteiger charge is -2.18. The van der Waals surface area contributed by atoms with Crippen LogP contribution in [0.15, 0.2) is 24.3 Å². The molecule has 0 bridgehead atoms. The first-order chi connectivity index (χ1) is 9.43. The quantitative estimate of drug-likeness (QED) is 0.796. The minimum Gasteiger partial charge on any atom is -0.435 e. The Bertz CT molecular complexity index is 443. The van der Waals surface area contributed by atoms with Gasteiger partial charge in [0.2, 0.25) is 5.91 Å². The Balaban J connectivity index is 2.67. The Morgan fingerprint density at radius 1 is 1.45 bits per heavy atom. The molecule has 3 N–H and O–H groups in total. The minimum absolute atomic E-state index is 0.0415. The number of hydrogen-bond acceptors (Lipinski definition) is 4. The van der Waals surface area contributed by atoms with E-state index in [0.29, 0.717) is 5.56 Å². The molecule has 1 rings (SSSR count). The van der Waals surface area contributed by atoms with Crippen molar-refractivity contribution in [2.45, 2.75) is 25.6 Å². The molecule has 0 aliphatic rings. The van der Waals surface area contributed by atoms with Crippen molar-refractivity contribution in [2.75, 3.05) is 13.7 Å². The van der Waals surface area contributed by atoms with Crippen molar-refractivity contribution in [3.8, 4) is 5.75 Å². The van der Waals surface area contributed by atoms with Crippen LogP contribution in [0.1, 0.15) is 18.5 Å². The third-order valence-electron chi connectivity index (χ3n) is 2.63. The third-order valence-corrected chi connectivity index (χ3v) is 2.63. The van der Waals surface area contributed by atoms with E-state index in [1.807, 2.05) is 0 Å². The van der Waals surface area contributed by atoms with Gasteiger partial charge in [-0.2, -0.15) is 8.78 Å². The Labute approximate surface area is 116 Å². The highest BCUT2D eigenvalue weighted by atomic mass is 19.3. The summed E-state index contributed by atoms with van der Waals surface area (Å²) in [7, 11) is 1.45. The number of nitrogens with one attached hydrogen (secondary N) is 1. The fourth-order valence-corrected chi connectivity index (χ4v) is 1.62. The fourth-order valence-electron chi connectivity index (χ4n) is 1.62. The van der Waals surface area contributed by atoms with E-state index in [9.17, 15) is 13.6 Å². The average Bonchev–Trinajstić information content (AvgIpc) is 2.38. The molecule has 2 unspecified atom stereocenters. The van der Waals surface area contributed by atoms with Gasteiger partial charge < -0.3 is 20.5 Å². The number of amides is 1. The first-order valence-corrected chi connectivity index (χ1v) is 6.03. The summed E-state index contributed by atoms with van der Waals surface area (Å²) in [6, 6.07) is 4.98. The number of rotatable bonds is 7. The van der Waals surface area contributed by atoms with Crippen LogP contribution in [0.5, 0.6) is 5.75 Å². The number of carbonyl (C=O) groups is 1. The normalized spacial score (nSPS) is 13.9. The van der Waals surface area contributed by atoms with E-state index < -0.39 is 12.7 Å². The number of ether oxygens (including phenoxy) is 2. The van der Waals surface area contributed by atoms with Gasteiger partial charge in [0, 0.05) is 7.11 Å². The molecular weight excluding hydrogens is 270 g/mol. The Hall–Kier alpha value is -1.73. The molecule has 0 aliphatic heterocycles. The second kappa shape index (κ2) is 7.76. The van der Waals surface area contributed by atoms with Crippen molar-refractivity contribution < 1.29 is 23.0 Å². The predicted octanol–water partition coefficient (Wildman–Crippen LogP) is 1.44. The molecule has 0 spiro atoms. The Morgan fingerprint density at radius 3 is 2.75 bits per heavy atom. The summed E-state index contributed by atoms with van der Waals surface area (Å²) in [4.78, 5) is 11.7. The number of benzene rings is 1. The first-order valence-electron chi connectivity index (χ1n) is 6.03. The zero-order chi connectivity index (χ0) is 15.1. The topological polar surface area (TPSA) is 73.6 Å². The fraction of sp³-hybridized carbons (Fsp3) is 0.462. The van der Waals surface area contributed by atoms with E-state index in [-0.39, 0.29) is 24.3 Å². The standard InChI is InChI=1S/C13H18F2N2O3/c1-8(17-12(18)11(16)7-19-2)9-4-3-5-10(6-9)20-13(14)15/h3-6,8,11,13H,7,16H2,1-2H3,(H,17,18). The maximum atomic E-state index is 12.1. The van der Waals surface area contributed by atoms with Crippen LogP contribution in [0.25, 0.3) is 0 Å². The highest BCUT2D eigenvalue weighted by molar-refractivity contribution is 5.82. The summed E-state index contributed by atoms with van der Waals surface area (Å²) in [5.41, 5.74) is 6.23. The minimum atomic E-state index is -2.88.